The van der Waals surface area contributed by atoms with Gasteiger partial charge in [0.05, 0.1) is 17.9 Å². The molecule has 38 heavy (non-hydrogen) atoms. The first-order chi connectivity index (χ1) is 18.2. The molecule has 1 saturated heterocycles. The number of quaternary nitrogens is 1. The number of anilines is 2. The Bertz CT molecular complexity index is 1330. The lowest BCUT2D eigenvalue weighted by Crippen LogP contribution is -2.61. The SMILES string of the molecule is Cc1cc(C)cc(CCC[N+]2(Cc3ccccc3)C(=O)Nc3cc(Cl)cc(N4CCN(C)CC4)c3C2=O)c1. The third-order valence-electron chi connectivity index (χ3n) is 7.74. The van der Waals surface area contributed by atoms with Crippen LogP contribution in [-0.4, -0.2) is 61.1 Å². The lowest BCUT2D eigenvalue weighted by Gasteiger charge is -2.40. The van der Waals surface area contributed by atoms with Crippen LogP contribution in [0.4, 0.5) is 16.2 Å². The summed E-state index contributed by atoms with van der Waals surface area (Å²) in [6.07, 6.45) is 1.51. The Labute approximate surface area is 230 Å². The number of hydrogen-bond acceptors (Lipinski definition) is 4. The Morgan fingerprint density at radius 2 is 1.58 bits per heavy atom. The van der Waals surface area contributed by atoms with Crippen LogP contribution in [0.3, 0.4) is 0 Å². The molecule has 0 saturated carbocycles. The zero-order valence-electron chi connectivity index (χ0n) is 22.5. The van der Waals surface area contributed by atoms with Crippen LogP contribution in [0.5, 0.6) is 0 Å². The number of hydrogen-bond donors (Lipinski definition) is 1. The minimum atomic E-state index is -0.293. The number of benzene rings is 3. The number of aryl methyl sites for hydroxylation is 3. The average molecular weight is 532 g/mol. The lowest BCUT2D eigenvalue weighted by molar-refractivity contribution is -0.780. The fourth-order valence-corrected chi connectivity index (χ4v) is 6.04. The first-order valence-electron chi connectivity index (χ1n) is 13.4. The number of rotatable bonds is 7. The zero-order valence-corrected chi connectivity index (χ0v) is 23.2. The Kier molecular flexibility index (Phi) is 7.57. The predicted molar refractivity (Wildman–Crippen MR) is 154 cm³/mol. The van der Waals surface area contributed by atoms with Crippen molar-refractivity contribution in [2.75, 3.05) is 50.0 Å². The smallest absolute Gasteiger partial charge is 0.368 e. The van der Waals surface area contributed by atoms with Crippen LogP contribution in [-0.2, 0) is 13.0 Å². The van der Waals surface area contributed by atoms with Gasteiger partial charge < -0.3 is 9.80 Å². The molecule has 1 unspecified atom stereocenters. The van der Waals surface area contributed by atoms with E-state index in [1.807, 2.05) is 36.4 Å². The van der Waals surface area contributed by atoms with Crippen LogP contribution in [0.1, 0.15) is 39.0 Å². The van der Waals surface area contributed by atoms with Crippen LogP contribution in [0, 0.1) is 13.8 Å². The highest BCUT2D eigenvalue weighted by molar-refractivity contribution is 6.32. The number of urea groups is 1. The molecule has 7 heteroatoms. The van der Waals surface area contributed by atoms with Crippen molar-refractivity contribution in [3.8, 4) is 0 Å². The maximum Gasteiger partial charge on any atom is 0.429 e. The van der Waals surface area contributed by atoms with E-state index in [1.165, 1.54) is 16.7 Å². The van der Waals surface area contributed by atoms with Crippen molar-refractivity contribution in [2.24, 2.45) is 0 Å². The van der Waals surface area contributed by atoms with E-state index < -0.39 is 0 Å². The number of carbonyl (C=O) groups is 2. The quantitative estimate of drug-likeness (QED) is 0.377. The molecule has 6 nitrogen and oxygen atoms in total. The third-order valence-corrected chi connectivity index (χ3v) is 7.96. The van der Waals surface area contributed by atoms with Gasteiger partial charge in [0, 0.05) is 43.2 Å². The molecule has 2 aliphatic heterocycles. The Hall–Kier alpha value is -3.19. The summed E-state index contributed by atoms with van der Waals surface area (Å²) in [6, 6.07) is 19.7. The van der Waals surface area contributed by atoms with Gasteiger partial charge >= 0.3 is 11.9 Å². The van der Waals surface area contributed by atoms with Crippen LogP contribution >= 0.6 is 11.6 Å². The van der Waals surface area contributed by atoms with E-state index in [0.29, 0.717) is 35.8 Å². The number of nitrogens with zero attached hydrogens (tertiary/aromatic N) is 3. The number of nitrogens with one attached hydrogen (secondary N) is 1. The highest BCUT2D eigenvalue weighted by Gasteiger charge is 2.51. The second-order valence-corrected chi connectivity index (χ2v) is 11.2. The van der Waals surface area contributed by atoms with Crippen LogP contribution in [0.25, 0.3) is 0 Å². The average Bonchev–Trinajstić information content (AvgIpc) is 2.87. The monoisotopic (exact) mass is 531 g/mol. The minimum absolute atomic E-state index is 0.154. The normalized spacial score (nSPS) is 19.8. The number of piperazine rings is 1. The second-order valence-electron chi connectivity index (χ2n) is 10.8. The van der Waals surface area contributed by atoms with E-state index in [9.17, 15) is 9.59 Å². The first-order valence-corrected chi connectivity index (χ1v) is 13.7. The highest BCUT2D eigenvalue weighted by Crippen LogP contribution is 2.40. The zero-order chi connectivity index (χ0) is 26.9. The summed E-state index contributed by atoms with van der Waals surface area (Å²) in [5.74, 6) is -0.154. The fraction of sp³-hybridized carbons (Fsp3) is 0.355. The van der Waals surface area contributed by atoms with Crippen LogP contribution in [0.15, 0.2) is 60.7 Å². The van der Waals surface area contributed by atoms with E-state index in [-0.39, 0.29) is 16.4 Å². The van der Waals surface area contributed by atoms with Gasteiger partial charge in [-0.15, -0.1) is 0 Å². The van der Waals surface area contributed by atoms with E-state index >= 15 is 0 Å². The van der Waals surface area contributed by atoms with Crippen molar-refractivity contribution >= 4 is 34.9 Å². The second kappa shape index (κ2) is 10.9. The van der Waals surface area contributed by atoms with E-state index in [2.05, 4.69) is 54.2 Å². The molecule has 3 amide bonds. The van der Waals surface area contributed by atoms with Crippen molar-refractivity contribution in [1.29, 1.82) is 0 Å². The predicted octanol–water partition coefficient (Wildman–Crippen LogP) is 6.04. The van der Waals surface area contributed by atoms with Gasteiger partial charge in [0.15, 0.2) is 0 Å². The van der Waals surface area contributed by atoms with Gasteiger partial charge in [0.2, 0.25) is 0 Å². The number of amides is 3. The molecule has 1 fully saturated rings. The van der Waals surface area contributed by atoms with E-state index in [1.54, 1.807) is 6.07 Å². The van der Waals surface area contributed by atoms with Gasteiger partial charge in [0.25, 0.3) is 0 Å². The molecule has 0 aromatic heterocycles. The molecule has 1 N–H and O–H groups in total. The summed E-state index contributed by atoms with van der Waals surface area (Å²) in [5, 5.41) is 3.61. The number of fused-ring (bicyclic) bond motifs is 1. The summed E-state index contributed by atoms with van der Waals surface area (Å²) in [4.78, 5) is 32.9. The van der Waals surface area contributed by atoms with Crippen molar-refractivity contribution in [3.05, 3.63) is 93.5 Å². The molecule has 2 heterocycles. The van der Waals surface area contributed by atoms with Gasteiger partial charge in [-0.05, 0) is 45.0 Å². The summed E-state index contributed by atoms with van der Waals surface area (Å²) in [6.45, 7) is 8.34. The van der Waals surface area contributed by atoms with Crippen molar-refractivity contribution < 1.29 is 14.1 Å². The third kappa shape index (κ3) is 5.35. The summed E-state index contributed by atoms with van der Waals surface area (Å²) in [7, 11) is 2.10. The standard InChI is InChI=1S/C31H35ClN4O2/c1-22-16-23(2)18-25(17-22)10-7-15-36(21-24-8-5-4-6-9-24)30(37)29-27(33-31(36)38)19-26(32)20-28(29)35-13-11-34(3)12-14-35/h4-6,8-9,16-20H,7,10-15,21H2,1-3H3/p+1. The molecule has 3 aromatic carbocycles. The Balaban J connectivity index is 1.52. The molecule has 3 aromatic rings. The number of imide groups is 1. The molecule has 0 bridgehead atoms. The van der Waals surface area contributed by atoms with Crippen molar-refractivity contribution in [1.82, 2.24) is 4.90 Å². The molecular formula is C31H36ClN4O2+. The molecule has 198 valence electrons. The molecule has 1 atom stereocenters. The molecule has 0 radical (unpaired) electrons. The summed E-state index contributed by atoms with van der Waals surface area (Å²) >= 11 is 6.50. The van der Waals surface area contributed by atoms with Gasteiger partial charge in [-0.3, -0.25) is 5.32 Å². The largest absolute Gasteiger partial charge is 0.429 e. The fourth-order valence-electron chi connectivity index (χ4n) is 5.83. The van der Waals surface area contributed by atoms with Gasteiger partial charge in [0.1, 0.15) is 12.1 Å². The van der Waals surface area contributed by atoms with E-state index in [4.69, 9.17) is 11.6 Å². The van der Waals surface area contributed by atoms with Crippen molar-refractivity contribution in [2.45, 2.75) is 33.2 Å². The molecule has 0 spiro atoms. The molecule has 2 aliphatic rings. The Morgan fingerprint density at radius 3 is 2.26 bits per heavy atom. The van der Waals surface area contributed by atoms with Crippen molar-refractivity contribution in [3.63, 3.8) is 0 Å². The maximum atomic E-state index is 14.6. The highest BCUT2D eigenvalue weighted by atomic mass is 35.5. The number of carbonyl (C=O) groups excluding carboxylic acids is 2. The summed E-state index contributed by atoms with van der Waals surface area (Å²) in [5.41, 5.74) is 6.54. The van der Waals surface area contributed by atoms with Crippen LogP contribution in [0.2, 0.25) is 5.02 Å². The number of likely N-dealkylation sites (N-methyl/N-ethyl adjacent to an activating group) is 1. The Morgan fingerprint density at radius 1 is 0.895 bits per heavy atom. The molecular weight excluding hydrogens is 496 g/mol. The number of halogens is 1. The van der Waals surface area contributed by atoms with E-state index in [0.717, 1.165) is 43.9 Å². The first kappa shape index (κ1) is 26.4. The topological polar surface area (TPSA) is 52.7 Å². The maximum absolute atomic E-state index is 14.6. The molecule has 5 rings (SSSR count). The lowest BCUT2D eigenvalue weighted by atomic mass is 9.99. The molecule has 0 aliphatic carbocycles. The van der Waals surface area contributed by atoms with Gasteiger partial charge in [-0.2, -0.15) is 4.48 Å². The van der Waals surface area contributed by atoms with Crippen LogP contribution < -0.4 is 10.2 Å². The summed E-state index contributed by atoms with van der Waals surface area (Å²) < 4.78 is -0.288. The van der Waals surface area contributed by atoms with Gasteiger partial charge in [-0.1, -0.05) is 71.3 Å². The minimum Gasteiger partial charge on any atom is -0.368 e. The van der Waals surface area contributed by atoms with Gasteiger partial charge in [-0.25, -0.2) is 9.59 Å².